The minimum Gasteiger partial charge on any atom is -0.394 e. The van der Waals surface area contributed by atoms with E-state index >= 15 is 0 Å². The van der Waals surface area contributed by atoms with Crippen molar-refractivity contribution < 1.29 is 48.3 Å². The van der Waals surface area contributed by atoms with Crippen LogP contribution in [0, 0.1) is 10.8 Å². The molecular weight excluding hydrogens is 493 g/mol. The first-order valence-corrected chi connectivity index (χ1v) is 14.4. The number of rotatable bonds is 21. The molecule has 0 aliphatic carbocycles. The minimum atomic E-state index is -3.85. The Kier molecular flexibility index (Phi) is 24.0. The third kappa shape index (κ3) is 31.9. The molecule has 0 heterocycles. The Bertz CT molecular complexity index is 477. The zero-order valence-electron chi connectivity index (χ0n) is 23.4. The highest BCUT2D eigenvalue weighted by Crippen LogP contribution is 2.43. The maximum Gasteiger partial charge on any atom is 0.472 e. The molecule has 4 N–H and O–H groups in total. The second-order valence-corrected chi connectivity index (χ2v) is 12.2. The second-order valence-electron chi connectivity index (χ2n) is 10.8. The molecule has 0 spiro atoms. The van der Waals surface area contributed by atoms with Crippen molar-refractivity contribution in [3.8, 4) is 0 Å². The van der Waals surface area contributed by atoms with Gasteiger partial charge >= 0.3 is 7.82 Å². The van der Waals surface area contributed by atoms with Crippen molar-refractivity contribution in [2.24, 2.45) is 10.8 Å². The van der Waals surface area contributed by atoms with E-state index in [0.717, 1.165) is 51.4 Å². The van der Waals surface area contributed by atoms with Crippen LogP contribution < -0.4 is 0 Å². The van der Waals surface area contributed by atoms with E-state index in [-0.39, 0.29) is 39.6 Å². The van der Waals surface area contributed by atoms with E-state index in [9.17, 15) is 9.46 Å². The molecule has 0 radical (unpaired) electrons. The van der Waals surface area contributed by atoms with E-state index in [1.807, 2.05) is 0 Å². The third-order valence-corrected chi connectivity index (χ3v) is 5.53. The quantitative estimate of drug-likeness (QED) is 0.0921. The van der Waals surface area contributed by atoms with Gasteiger partial charge in [0.2, 0.25) is 0 Å². The van der Waals surface area contributed by atoms with Gasteiger partial charge in [0.05, 0.1) is 58.2 Å². The van der Waals surface area contributed by atoms with Gasteiger partial charge < -0.3 is 20.2 Å². The maximum absolute atomic E-state index is 11.7. The van der Waals surface area contributed by atoms with Gasteiger partial charge in [0.25, 0.3) is 0 Å². The number of unbranched alkanes of at least 4 members (excludes halogenated alkanes) is 4. The van der Waals surface area contributed by atoms with E-state index in [2.05, 4.69) is 41.5 Å². The van der Waals surface area contributed by atoms with Gasteiger partial charge in [0.1, 0.15) is 0 Å². The Morgan fingerprint density at radius 1 is 0.583 bits per heavy atom. The fraction of sp³-hybridized carbons (Fsp3) is 1.00. The van der Waals surface area contributed by atoms with Crippen LogP contribution in [0.5, 0.6) is 0 Å². The summed E-state index contributed by atoms with van der Waals surface area (Å²) < 4.78 is 21.7. The monoisotopic (exact) mass is 547 g/mol. The van der Waals surface area contributed by atoms with E-state index in [4.69, 9.17) is 38.9 Å². The smallest absolute Gasteiger partial charge is 0.394 e. The number of aliphatic hydroxyl groups excluding tert-OH is 3. The lowest BCUT2D eigenvalue weighted by Crippen LogP contribution is -2.28. The summed E-state index contributed by atoms with van der Waals surface area (Å²) in [7, 11) is -3.85. The molecule has 0 saturated carbocycles. The zero-order chi connectivity index (χ0) is 27.9. The van der Waals surface area contributed by atoms with Crippen molar-refractivity contribution in [3.63, 3.8) is 0 Å². The lowest BCUT2D eigenvalue weighted by atomic mass is 9.89. The van der Waals surface area contributed by atoms with Crippen LogP contribution in [0.25, 0.3) is 0 Å². The Morgan fingerprint density at radius 3 is 1.19 bits per heavy atom. The number of hydrogen-bond donors (Lipinski definition) is 4. The van der Waals surface area contributed by atoms with E-state index in [1.165, 1.54) is 0 Å². The van der Waals surface area contributed by atoms with Crippen LogP contribution in [0.15, 0.2) is 0 Å². The highest BCUT2D eigenvalue weighted by molar-refractivity contribution is 7.47. The Hall–Kier alpha value is -0.170. The van der Waals surface area contributed by atoms with Crippen LogP contribution in [0.2, 0.25) is 0 Å². The summed E-state index contributed by atoms with van der Waals surface area (Å²) >= 11 is 0. The number of nitrogens with zero attached hydrogens (tertiary/aromatic N) is 1. The molecule has 0 aromatic carbocycles. The normalized spacial score (nSPS) is 12.6. The number of aliphatic hydroxyl groups is 3. The first-order valence-electron chi connectivity index (χ1n) is 12.9. The minimum absolute atomic E-state index is 0.0108. The van der Waals surface area contributed by atoms with Crippen LogP contribution in [0.3, 0.4) is 0 Å². The molecule has 0 rings (SSSR count). The molecular formula is C24H54NO10P. The average Bonchev–Trinajstić information content (AvgIpc) is 2.77. The third-order valence-electron chi connectivity index (χ3n) is 4.52. The summed E-state index contributed by atoms with van der Waals surface area (Å²) in [5, 5.41) is 25.9. The molecule has 220 valence electrons. The van der Waals surface area contributed by atoms with Gasteiger partial charge in [-0.2, -0.15) is 0 Å². The molecule has 0 bridgehead atoms. The summed E-state index contributed by atoms with van der Waals surface area (Å²) in [6.07, 6.45) is 8.21. The highest BCUT2D eigenvalue weighted by atomic mass is 31.2. The SMILES string of the molecule is CC(C)(C)CCCCCOP(=O)(O)OCCCCCC(C)(C)C.OCCON(OCCO)OCCO. The summed E-state index contributed by atoms with van der Waals surface area (Å²) in [5.41, 5.74) is 0.701. The fourth-order valence-electron chi connectivity index (χ4n) is 2.72. The van der Waals surface area contributed by atoms with E-state index in [1.54, 1.807) is 0 Å². The second kappa shape index (κ2) is 22.8. The van der Waals surface area contributed by atoms with Crippen molar-refractivity contribution in [2.75, 3.05) is 52.9 Å². The number of phosphoric acid groups is 1. The highest BCUT2D eigenvalue weighted by Gasteiger charge is 2.20. The zero-order valence-corrected chi connectivity index (χ0v) is 24.3. The number of hydrogen-bond acceptors (Lipinski definition) is 10. The summed E-state index contributed by atoms with van der Waals surface area (Å²) in [5.74, 6) is 0. The van der Waals surface area contributed by atoms with Gasteiger partial charge in [-0.05, 0) is 36.5 Å². The van der Waals surface area contributed by atoms with Gasteiger partial charge in [-0.25, -0.2) is 19.1 Å². The summed E-state index contributed by atoms with van der Waals surface area (Å²) in [6, 6.07) is 0. The summed E-state index contributed by atoms with van der Waals surface area (Å²) in [6.45, 7) is 13.4. The molecule has 0 amide bonds. The molecule has 0 saturated heterocycles. The van der Waals surface area contributed by atoms with Crippen LogP contribution in [0.4, 0.5) is 0 Å². The van der Waals surface area contributed by atoms with Crippen LogP contribution in [-0.2, 0) is 28.1 Å². The Labute approximate surface area is 218 Å². The molecule has 11 nitrogen and oxygen atoms in total. The van der Waals surface area contributed by atoms with E-state index < -0.39 is 7.82 Å². The van der Waals surface area contributed by atoms with Crippen molar-refractivity contribution >= 4 is 7.82 Å². The molecule has 36 heavy (non-hydrogen) atoms. The van der Waals surface area contributed by atoms with Crippen molar-refractivity contribution in [1.29, 1.82) is 0 Å². The summed E-state index contributed by atoms with van der Waals surface area (Å²) in [4.78, 5) is 23.7. The molecule has 0 atom stereocenters. The van der Waals surface area contributed by atoms with Gasteiger partial charge in [-0.3, -0.25) is 9.05 Å². The first kappa shape index (κ1) is 38.0. The van der Waals surface area contributed by atoms with Crippen molar-refractivity contribution in [2.45, 2.75) is 92.9 Å². The number of phosphoric ester groups is 1. The lowest BCUT2D eigenvalue weighted by Gasteiger charge is -2.18. The Morgan fingerprint density at radius 2 is 0.917 bits per heavy atom. The predicted octanol–water partition coefficient (Wildman–Crippen LogP) is 4.39. The van der Waals surface area contributed by atoms with Gasteiger partial charge in [0, 0.05) is 0 Å². The average molecular weight is 548 g/mol. The molecule has 12 heteroatoms. The van der Waals surface area contributed by atoms with Crippen LogP contribution >= 0.6 is 7.82 Å². The van der Waals surface area contributed by atoms with Gasteiger partial charge in [0.15, 0.2) is 0 Å². The molecule has 0 aliphatic rings. The van der Waals surface area contributed by atoms with Crippen molar-refractivity contribution in [3.05, 3.63) is 0 Å². The lowest BCUT2D eigenvalue weighted by molar-refractivity contribution is -0.527. The topological polar surface area (TPSA) is 147 Å². The maximum atomic E-state index is 11.7. The molecule has 0 aromatic heterocycles. The molecule has 0 unspecified atom stereocenters. The van der Waals surface area contributed by atoms with Gasteiger partial charge in [-0.15, -0.1) is 0 Å². The molecule has 0 fully saturated rings. The first-order chi connectivity index (χ1) is 16.8. The Balaban J connectivity index is 0. The largest absolute Gasteiger partial charge is 0.472 e. The standard InChI is InChI=1S/C18H39O4P.C6H15NO6/c1-17(2,3)13-9-7-11-15-21-23(19,20)22-16-12-8-10-14-18(4,5)6;8-1-4-11-7(12-5-2-9)13-6-3-10/h7-16H2,1-6H3,(H,19,20);8-10H,1-6H2. The molecule has 0 aliphatic heterocycles. The van der Waals surface area contributed by atoms with E-state index in [0.29, 0.717) is 29.4 Å². The molecule has 0 aromatic rings. The van der Waals surface area contributed by atoms with Crippen LogP contribution in [0.1, 0.15) is 92.9 Å². The van der Waals surface area contributed by atoms with Gasteiger partial charge in [-0.1, -0.05) is 67.2 Å². The predicted molar refractivity (Wildman–Crippen MR) is 139 cm³/mol. The fourth-order valence-corrected chi connectivity index (χ4v) is 3.52. The van der Waals surface area contributed by atoms with Crippen LogP contribution in [-0.4, -0.2) is 78.5 Å². The van der Waals surface area contributed by atoms with Crippen molar-refractivity contribution in [1.82, 2.24) is 5.39 Å².